The van der Waals surface area contributed by atoms with E-state index in [0.717, 1.165) is 11.3 Å². The molecule has 9 heteroatoms. The maximum Gasteiger partial charge on any atom is 0.346 e. The maximum absolute atomic E-state index is 12.3. The van der Waals surface area contributed by atoms with Crippen molar-refractivity contribution in [2.45, 2.75) is 24.5 Å². The van der Waals surface area contributed by atoms with Gasteiger partial charge in [-0.05, 0) is 25.0 Å². The van der Waals surface area contributed by atoms with Gasteiger partial charge in [-0.1, -0.05) is 6.92 Å². The monoisotopic (exact) mass is 329 g/mol. The Morgan fingerprint density at radius 1 is 1.52 bits per heavy atom. The number of nitrogens with zero attached hydrogens (tertiary/aromatic N) is 2. The Hall–Kier alpha value is -1.87. The fraction of sp³-hybridized carbons (Fsp3) is 0.333. The normalized spacial score (nSPS) is 11.6. The van der Waals surface area contributed by atoms with Crippen LogP contribution in [0.3, 0.4) is 0 Å². The van der Waals surface area contributed by atoms with Gasteiger partial charge in [-0.2, -0.15) is 5.10 Å². The molecule has 21 heavy (non-hydrogen) atoms. The van der Waals surface area contributed by atoms with Crippen molar-refractivity contribution in [3.8, 4) is 0 Å². The summed E-state index contributed by atoms with van der Waals surface area (Å²) in [6.07, 6.45) is 2.16. The zero-order chi connectivity index (χ0) is 15.8. The fourth-order valence-electron chi connectivity index (χ4n) is 1.87. The second-order valence-corrected chi connectivity index (χ2v) is 7.47. The van der Waals surface area contributed by atoms with E-state index >= 15 is 0 Å². The molecule has 0 fully saturated rings. The van der Waals surface area contributed by atoms with Crippen molar-refractivity contribution >= 4 is 33.0 Å². The highest BCUT2D eigenvalue weighted by Gasteiger charge is 2.23. The van der Waals surface area contributed by atoms with Gasteiger partial charge in [-0.3, -0.25) is 9.40 Å². The van der Waals surface area contributed by atoms with E-state index in [0.29, 0.717) is 23.4 Å². The summed E-state index contributed by atoms with van der Waals surface area (Å²) in [6, 6.07) is 1.36. The third-order valence-electron chi connectivity index (χ3n) is 2.84. The minimum atomic E-state index is -3.82. The third kappa shape index (κ3) is 3.08. The lowest BCUT2D eigenvalue weighted by Crippen LogP contribution is -2.12. The molecule has 0 aromatic carbocycles. The highest BCUT2D eigenvalue weighted by Crippen LogP contribution is 2.28. The summed E-state index contributed by atoms with van der Waals surface area (Å²) >= 11 is 0.737. The summed E-state index contributed by atoms with van der Waals surface area (Å²) < 4.78 is 28.6. The topological polar surface area (TPSA) is 101 Å². The second-order valence-electron chi connectivity index (χ2n) is 4.50. The van der Waals surface area contributed by atoms with Crippen LogP contribution >= 0.6 is 11.3 Å². The standard InChI is InChI=1S/C12H15N3O4S2/c1-4-8-9(6-15(3)13-8)14-21(18,19)10-5-7(2)11(20-10)12(16)17/h5-6,14H,4H2,1-3H3,(H,16,17). The molecule has 114 valence electrons. The van der Waals surface area contributed by atoms with Gasteiger partial charge in [0, 0.05) is 13.2 Å². The third-order valence-corrected chi connectivity index (χ3v) is 5.90. The Morgan fingerprint density at radius 3 is 2.71 bits per heavy atom. The first-order valence-corrected chi connectivity index (χ1v) is 8.43. The van der Waals surface area contributed by atoms with Gasteiger partial charge in [0.2, 0.25) is 0 Å². The van der Waals surface area contributed by atoms with Crippen LogP contribution in [0, 0.1) is 6.92 Å². The van der Waals surface area contributed by atoms with Gasteiger partial charge in [0.25, 0.3) is 10.0 Å². The molecule has 2 aromatic heterocycles. The summed E-state index contributed by atoms with van der Waals surface area (Å²) in [5.74, 6) is -1.13. The first kappa shape index (κ1) is 15.5. The SMILES string of the molecule is CCc1nn(C)cc1NS(=O)(=O)c1cc(C)c(C(=O)O)s1. The number of carbonyl (C=O) groups is 1. The predicted molar refractivity (Wildman–Crippen MR) is 79.4 cm³/mol. The Labute approximate surface area is 126 Å². The van der Waals surface area contributed by atoms with Crippen LogP contribution in [0.4, 0.5) is 5.69 Å². The van der Waals surface area contributed by atoms with E-state index in [4.69, 9.17) is 5.11 Å². The average Bonchev–Trinajstić information content (AvgIpc) is 2.92. The van der Waals surface area contributed by atoms with Gasteiger partial charge in [0.05, 0.1) is 11.4 Å². The highest BCUT2D eigenvalue weighted by atomic mass is 32.2. The number of sulfonamides is 1. The lowest BCUT2D eigenvalue weighted by atomic mass is 10.3. The number of hydrogen-bond acceptors (Lipinski definition) is 5. The quantitative estimate of drug-likeness (QED) is 0.872. The highest BCUT2D eigenvalue weighted by molar-refractivity contribution is 7.94. The number of aromatic carboxylic acids is 1. The van der Waals surface area contributed by atoms with Crippen molar-refractivity contribution in [2.75, 3.05) is 4.72 Å². The molecule has 2 N–H and O–H groups in total. The molecule has 7 nitrogen and oxygen atoms in total. The molecule has 0 aliphatic heterocycles. The number of thiophene rings is 1. The summed E-state index contributed by atoms with van der Waals surface area (Å²) in [4.78, 5) is 11.0. The molecular weight excluding hydrogens is 314 g/mol. The smallest absolute Gasteiger partial charge is 0.346 e. The molecule has 0 bridgehead atoms. The van der Waals surface area contributed by atoms with E-state index in [1.807, 2.05) is 6.92 Å². The summed E-state index contributed by atoms with van der Waals surface area (Å²) in [6.45, 7) is 3.44. The van der Waals surface area contributed by atoms with E-state index in [1.54, 1.807) is 20.2 Å². The van der Waals surface area contributed by atoms with Crippen LogP contribution in [-0.2, 0) is 23.5 Å². The van der Waals surface area contributed by atoms with Crippen LogP contribution in [0.15, 0.2) is 16.5 Å². The zero-order valence-corrected chi connectivity index (χ0v) is 13.4. The zero-order valence-electron chi connectivity index (χ0n) is 11.7. The number of aryl methyl sites for hydroxylation is 3. The molecule has 0 saturated carbocycles. The molecule has 0 aliphatic rings. The van der Waals surface area contributed by atoms with E-state index in [2.05, 4.69) is 9.82 Å². The number of anilines is 1. The van der Waals surface area contributed by atoms with Crippen LogP contribution in [0.1, 0.15) is 27.9 Å². The van der Waals surface area contributed by atoms with Crippen molar-refractivity contribution in [2.24, 2.45) is 7.05 Å². The van der Waals surface area contributed by atoms with Crippen molar-refractivity contribution < 1.29 is 18.3 Å². The van der Waals surface area contributed by atoms with Crippen LogP contribution in [0.25, 0.3) is 0 Å². The number of rotatable bonds is 5. The second kappa shape index (κ2) is 5.49. The molecule has 0 aliphatic carbocycles. The summed E-state index contributed by atoms with van der Waals surface area (Å²) in [5, 5.41) is 13.2. The van der Waals surface area contributed by atoms with Crippen LogP contribution < -0.4 is 4.72 Å². The molecule has 2 aromatic rings. The fourth-order valence-corrected chi connectivity index (χ4v) is 4.32. The molecule has 2 rings (SSSR count). The van der Waals surface area contributed by atoms with Gasteiger partial charge in [-0.25, -0.2) is 13.2 Å². The minimum absolute atomic E-state index is 0.0247. The van der Waals surface area contributed by atoms with Crippen LogP contribution in [0.2, 0.25) is 0 Å². The van der Waals surface area contributed by atoms with E-state index in [-0.39, 0.29) is 9.09 Å². The largest absolute Gasteiger partial charge is 0.477 e. The number of nitrogens with one attached hydrogen (secondary N) is 1. The molecule has 2 heterocycles. The predicted octanol–water partition coefficient (Wildman–Crippen LogP) is 1.85. The first-order valence-electron chi connectivity index (χ1n) is 6.13. The lowest BCUT2D eigenvalue weighted by Gasteiger charge is -2.04. The molecule has 0 atom stereocenters. The van der Waals surface area contributed by atoms with Crippen molar-refractivity contribution in [3.63, 3.8) is 0 Å². The Morgan fingerprint density at radius 2 is 2.19 bits per heavy atom. The van der Waals surface area contributed by atoms with Gasteiger partial charge in [-0.15, -0.1) is 11.3 Å². The first-order chi connectivity index (χ1) is 9.74. The Kier molecular flexibility index (Phi) is 4.06. The lowest BCUT2D eigenvalue weighted by molar-refractivity contribution is 0.0701. The van der Waals surface area contributed by atoms with Gasteiger partial charge >= 0.3 is 5.97 Å². The van der Waals surface area contributed by atoms with Crippen molar-refractivity contribution in [1.82, 2.24) is 9.78 Å². The number of hydrogen-bond donors (Lipinski definition) is 2. The van der Waals surface area contributed by atoms with Gasteiger partial charge < -0.3 is 5.11 Å². The number of aromatic nitrogens is 2. The van der Waals surface area contributed by atoms with Crippen molar-refractivity contribution in [3.05, 3.63) is 28.4 Å². The average molecular weight is 329 g/mol. The maximum atomic E-state index is 12.3. The van der Waals surface area contributed by atoms with E-state index in [9.17, 15) is 13.2 Å². The van der Waals surface area contributed by atoms with Crippen LogP contribution in [-0.4, -0.2) is 29.3 Å². The molecule has 0 radical (unpaired) electrons. The van der Waals surface area contributed by atoms with E-state index in [1.165, 1.54) is 10.7 Å². The number of carboxylic acids is 1. The van der Waals surface area contributed by atoms with Gasteiger partial charge in [0.15, 0.2) is 0 Å². The molecule has 0 spiro atoms. The number of carboxylic acid groups (broad SMARTS) is 1. The Balaban J connectivity index is 2.38. The summed E-state index contributed by atoms with van der Waals surface area (Å²) in [5.41, 5.74) is 1.46. The summed E-state index contributed by atoms with van der Waals surface area (Å²) in [7, 11) is -2.11. The van der Waals surface area contributed by atoms with Crippen molar-refractivity contribution in [1.29, 1.82) is 0 Å². The molecular formula is C12H15N3O4S2. The van der Waals surface area contributed by atoms with E-state index < -0.39 is 16.0 Å². The minimum Gasteiger partial charge on any atom is -0.477 e. The molecule has 0 saturated heterocycles. The molecule has 0 amide bonds. The van der Waals surface area contributed by atoms with Gasteiger partial charge in [0.1, 0.15) is 9.09 Å². The molecule has 0 unspecified atom stereocenters. The Bertz CT molecular complexity index is 790. The van der Waals surface area contributed by atoms with Crippen LogP contribution in [0.5, 0.6) is 0 Å².